The fourth-order valence-corrected chi connectivity index (χ4v) is 5.08. The van der Waals surface area contributed by atoms with Gasteiger partial charge in [-0.15, -0.1) is 0 Å². The molecule has 0 saturated heterocycles. The van der Waals surface area contributed by atoms with E-state index in [1.54, 1.807) is 36.7 Å². The summed E-state index contributed by atoms with van der Waals surface area (Å²) < 4.78 is 0. The SMILES string of the molecule is O=C(O)c1cccc2cccc(C=Nc3ccc(-c4ccc(N=Cc5cccc6cccc(C(=O)O)c56)cc4)cc3)c12. The molecule has 6 nitrogen and oxygen atoms in total. The van der Waals surface area contributed by atoms with Crippen molar-refractivity contribution in [3.63, 3.8) is 0 Å². The Bertz CT molecular complexity index is 1870. The number of fused-ring (bicyclic) bond motifs is 2. The predicted octanol–water partition coefficient (Wildman–Crippen LogP) is 8.56. The molecule has 0 aliphatic rings. The Morgan fingerprint density at radius 1 is 0.476 bits per heavy atom. The minimum Gasteiger partial charge on any atom is -0.478 e. The maximum absolute atomic E-state index is 11.7. The molecule has 6 aromatic rings. The third kappa shape index (κ3) is 5.29. The zero-order chi connectivity index (χ0) is 29.1. The Morgan fingerprint density at radius 2 is 0.833 bits per heavy atom. The van der Waals surface area contributed by atoms with E-state index in [9.17, 15) is 19.8 Å². The normalized spacial score (nSPS) is 11.5. The van der Waals surface area contributed by atoms with Gasteiger partial charge in [0.15, 0.2) is 0 Å². The van der Waals surface area contributed by atoms with Gasteiger partial charge < -0.3 is 10.2 Å². The highest BCUT2D eigenvalue weighted by Gasteiger charge is 2.12. The van der Waals surface area contributed by atoms with Gasteiger partial charge in [-0.3, -0.25) is 9.98 Å². The largest absolute Gasteiger partial charge is 0.478 e. The van der Waals surface area contributed by atoms with E-state index in [4.69, 9.17) is 0 Å². The van der Waals surface area contributed by atoms with Crippen LogP contribution in [0.4, 0.5) is 11.4 Å². The maximum atomic E-state index is 11.7. The summed E-state index contributed by atoms with van der Waals surface area (Å²) in [5.41, 5.74) is 5.52. The Balaban J connectivity index is 1.21. The molecule has 0 atom stereocenters. The molecule has 0 bridgehead atoms. The van der Waals surface area contributed by atoms with Gasteiger partial charge in [-0.05, 0) is 58.3 Å². The van der Waals surface area contributed by atoms with E-state index in [-0.39, 0.29) is 11.1 Å². The van der Waals surface area contributed by atoms with E-state index >= 15 is 0 Å². The number of hydrogen-bond acceptors (Lipinski definition) is 4. The molecule has 2 N–H and O–H groups in total. The Kier molecular flexibility index (Phi) is 7.10. The topological polar surface area (TPSA) is 99.3 Å². The highest BCUT2D eigenvalue weighted by Crippen LogP contribution is 2.27. The van der Waals surface area contributed by atoms with Crippen LogP contribution in [-0.2, 0) is 0 Å². The van der Waals surface area contributed by atoms with Gasteiger partial charge in [0.25, 0.3) is 0 Å². The first-order valence-corrected chi connectivity index (χ1v) is 13.3. The van der Waals surface area contributed by atoms with Crippen molar-refractivity contribution >= 4 is 57.3 Å². The summed E-state index contributed by atoms with van der Waals surface area (Å²) in [6, 6.07) is 37.4. The molecular formula is C36H24N2O4. The van der Waals surface area contributed by atoms with Crippen LogP contribution >= 0.6 is 0 Å². The molecule has 42 heavy (non-hydrogen) atoms. The summed E-state index contributed by atoms with van der Waals surface area (Å²) in [7, 11) is 0. The molecular weight excluding hydrogens is 524 g/mol. The number of aromatic carboxylic acids is 2. The van der Waals surface area contributed by atoms with Crippen molar-refractivity contribution in [3.8, 4) is 11.1 Å². The molecule has 0 aliphatic heterocycles. The number of hydrogen-bond donors (Lipinski definition) is 2. The molecule has 0 amide bonds. The minimum atomic E-state index is -0.969. The number of carbonyl (C=O) groups is 2. The van der Waals surface area contributed by atoms with Crippen molar-refractivity contribution in [2.75, 3.05) is 0 Å². The summed E-state index contributed by atoms with van der Waals surface area (Å²) in [5.74, 6) is -1.94. The van der Waals surface area contributed by atoms with Crippen LogP contribution in [-0.4, -0.2) is 34.6 Å². The minimum absolute atomic E-state index is 0.250. The highest BCUT2D eigenvalue weighted by molar-refractivity contribution is 6.12. The van der Waals surface area contributed by atoms with E-state index in [1.165, 1.54) is 0 Å². The Morgan fingerprint density at radius 3 is 1.19 bits per heavy atom. The van der Waals surface area contributed by atoms with Crippen LogP contribution in [0.5, 0.6) is 0 Å². The van der Waals surface area contributed by atoms with Gasteiger partial charge in [-0.25, -0.2) is 9.59 Å². The van der Waals surface area contributed by atoms with Crippen LogP contribution in [0, 0.1) is 0 Å². The molecule has 0 aromatic heterocycles. The molecule has 6 heteroatoms. The third-order valence-electron chi connectivity index (χ3n) is 7.11. The van der Waals surface area contributed by atoms with Crippen molar-refractivity contribution in [1.82, 2.24) is 0 Å². The van der Waals surface area contributed by atoms with Gasteiger partial charge in [0, 0.05) is 34.3 Å². The number of carboxylic acids is 2. The second-order valence-corrected chi connectivity index (χ2v) is 9.72. The summed E-state index contributed by atoms with van der Waals surface area (Å²) in [6.45, 7) is 0. The lowest BCUT2D eigenvalue weighted by molar-refractivity contribution is 0.0688. The van der Waals surface area contributed by atoms with Crippen molar-refractivity contribution in [2.24, 2.45) is 9.98 Å². The molecule has 0 spiro atoms. The number of rotatable bonds is 7. The van der Waals surface area contributed by atoms with Crippen molar-refractivity contribution in [1.29, 1.82) is 0 Å². The molecule has 6 aromatic carbocycles. The maximum Gasteiger partial charge on any atom is 0.336 e. The first-order valence-electron chi connectivity index (χ1n) is 13.3. The van der Waals surface area contributed by atoms with E-state index in [0.29, 0.717) is 10.8 Å². The zero-order valence-corrected chi connectivity index (χ0v) is 22.3. The summed E-state index contributed by atoms with van der Waals surface area (Å²) in [5, 5.41) is 22.3. The molecule has 0 radical (unpaired) electrons. The van der Waals surface area contributed by atoms with Crippen molar-refractivity contribution < 1.29 is 19.8 Å². The van der Waals surface area contributed by atoms with E-state index in [0.717, 1.165) is 44.4 Å². The molecule has 0 saturated carbocycles. The fourth-order valence-electron chi connectivity index (χ4n) is 5.08. The molecule has 0 aliphatic carbocycles. The number of aliphatic imine (C=N–C) groups is 2. The zero-order valence-electron chi connectivity index (χ0n) is 22.3. The lowest BCUT2D eigenvalue weighted by Crippen LogP contribution is -1.99. The Hall–Kier alpha value is -5.88. The molecule has 202 valence electrons. The smallest absolute Gasteiger partial charge is 0.336 e. The van der Waals surface area contributed by atoms with Gasteiger partial charge in [-0.2, -0.15) is 0 Å². The first kappa shape index (κ1) is 26.3. The average Bonchev–Trinajstić information content (AvgIpc) is 3.02. The van der Waals surface area contributed by atoms with Crippen LogP contribution in [0.15, 0.2) is 131 Å². The molecule has 0 heterocycles. The van der Waals surface area contributed by atoms with Gasteiger partial charge in [0.1, 0.15) is 0 Å². The summed E-state index contributed by atoms with van der Waals surface area (Å²) >= 11 is 0. The number of benzene rings is 6. The van der Waals surface area contributed by atoms with E-state index in [2.05, 4.69) is 9.98 Å². The van der Waals surface area contributed by atoms with Crippen molar-refractivity contribution in [2.45, 2.75) is 0 Å². The van der Waals surface area contributed by atoms with E-state index in [1.807, 2.05) is 97.1 Å². The molecule has 0 unspecified atom stereocenters. The van der Waals surface area contributed by atoms with Crippen LogP contribution in [0.1, 0.15) is 31.8 Å². The van der Waals surface area contributed by atoms with Gasteiger partial charge in [0.05, 0.1) is 22.5 Å². The van der Waals surface area contributed by atoms with Crippen LogP contribution in [0.3, 0.4) is 0 Å². The predicted molar refractivity (Wildman–Crippen MR) is 168 cm³/mol. The Labute approximate surface area is 241 Å². The standard InChI is InChI=1S/C36H24N2O4/c39-35(40)31-11-3-7-25-5-1-9-27(33(25)31)21-37-29-17-13-23(14-18-29)24-15-19-30(20-16-24)38-22-28-10-2-6-26-8-4-12-32(34(26)28)36(41)42/h1-22H,(H,39,40)(H,41,42). The van der Waals surface area contributed by atoms with E-state index < -0.39 is 11.9 Å². The van der Waals surface area contributed by atoms with Gasteiger partial charge >= 0.3 is 11.9 Å². The van der Waals surface area contributed by atoms with Gasteiger partial charge in [0.2, 0.25) is 0 Å². The monoisotopic (exact) mass is 548 g/mol. The van der Waals surface area contributed by atoms with Crippen LogP contribution < -0.4 is 0 Å². The van der Waals surface area contributed by atoms with Gasteiger partial charge in [-0.1, -0.05) is 84.9 Å². The van der Waals surface area contributed by atoms with Crippen LogP contribution in [0.2, 0.25) is 0 Å². The molecule has 0 fully saturated rings. The molecule has 6 rings (SSSR count). The van der Waals surface area contributed by atoms with Crippen LogP contribution in [0.25, 0.3) is 32.7 Å². The quantitative estimate of drug-likeness (QED) is 0.195. The number of carboxylic acid groups (broad SMARTS) is 2. The summed E-state index contributed by atoms with van der Waals surface area (Å²) in [6.07, 6.45) is 3.40. The number of nitrogens with zero attached hydrogens (tertiary/aromatic N) is 2. The third-order valence-corrected chi connectivity index (χ3v) is 7.11. The lowest BCUT2D eigenvalue weighted by atomic mass is 9.99. The highest BCUT2D eigenvalue weighted by atomic mass is 16.4. The lowest BCUT2D eigenvalue weighted by Gasteiger charge is -2.06. The first-order chi connectivity index (χ1) is 20.5. The second kappa shape index (κ2) is 11.3. The fraction of sp³-hybridized carbons (Fsp3) is 0. The second-order valence-electron chi connectivity index (χ2n) is 9.72. The summed E-state index contributed by atoms with van der Waals surface area (Å²) in [4.78, 5) is 32.7. The average molecular weight is 549 g/mol. The van der Waals surface area contributed by atoms with Crippen molar-refractivity contribution in [3.05, 3.63) is 144 Å².